The highest BCUT2D eigenvalue weighted by Crippen LogP contribution is 2.31. The summed E-state index contributed by atoms with van der Waals surface area (Å²) in [6, 6.07) is 6.31. The van der Waals surface area contributed by atoms with E-state index in [1.54, 1.807) is 7.11 Å². The van der Waals surface area contributed by atoms with Gasteiger partial charge in [-0.15, -0.1) is 0 Å². The molecule has 0 aromatic heterocycles. The van der Waals surface area contributed by atoms with Crippen molar-refractivity contribution < 1.29 is 9.47 Å². The van der Waals surface area contributed by atoms with E-state index in [4.69, 9.17) is 15.2 Å². The summed E-state index contributed by atoms with van der Waals surface area (Å²) in [5.41, 5.74) is 7.17. The molecule has 126 valence electrons. The molecule has 1 unspecified atom stereocenters. The lowest BCUT2D eigenvalue weighted by Crippen LogP contribution is -2.33. The van der Waals surface area contributed by atoms with Gasteiger partial charge in [-0.2, -0.15) is 0 Å². The van der Waals surface area contributed by atoms with Gasteiger partial charge in [0.2, 0.25) is 0 Å². The van der Waals surface area contributed by atoms with Crippen LogP contribution in [-0.4, -0.2) is 63.8 Å². The molecule has 0 aliphatic carbocycles. The van der Waals surface area contributed by atoms with Crippen LogP contribution in [0.15, 0.2) is 18.2 Å². The summed E-state index contributed by atoms with van der Waals surface area (Å²) in [6.07, 6.45) is 0. The first kappa shape index (κ1) is 18.7. The molecule has 1 aromatic rings. The van der Waals surface area contributed by atoms with Crippen molar-refractivity contribution >= 4 is 0 Å². The first-order valence-corrected chi connectivity index (χ1v) is 7.96. The molecular formula is C17H31N3O2. The number of hydrogen-bond acceptors (Lipinski definition) is 5. The van der Waals surface area contributed by atoms with E-state index in [9.17, 15) is 0 Å². The predicted octanol–water partition coefficient (Wildman–Crippen LogP) is 1.98. The van der Waals surface area contributed by atoms with Crippen molar-refractivity contribution in [2.75, 3.05) is 54.0 Å². The SMILES string of the molecule is CCN(CC)C(CN)c1ccc(OC)c(OCCN(C)C)c1. The lowest BCUT2D eigenvalue weighted by Gasteiger charge is -2.29. The Morgan fingerprint density at radius 1 is 1.14 bits per heavy atom. The first-order valence-electron chi connectivity index (χ1n) is 7.96. The van der Waals surface area contributed by atoms with E-state index in [1.807, 2.05) is 20.2 Å². The van der Waals surface area contributed by atoms with Gasteiger partial charge in [-0.25, -0.2) is 0 Å². The average molecular weight is 309 g/mol. The normalized spacial score (nSPS) is 12.7. The monoisotopic (exact) mass is 309 g/mol. The Hall–Kier alpha value is -1.30. The highest BCUT2D eigenvalue weighted by molar-refractivity contribution is 5.44. The minimum absolute atomic E-state index is 0.206. The van der Waals surface area contributed by atoms with Crippen LogP contribution in [0.5, 0.6) is 11.5 Å². The van der Waals surface area contributed by atoms with Gasteiger partial charge in [0.05, 0.1) is 7.11 Å². The summed E-state index contributed by atoms with van der Waals surface area (Å²) < 4.78 is 11.3. The second kappa shape index (κ2) is 9.66. The molecule has 2 N–H and O–H groups in total. The van der Waals surface area contributed by atoms with Gasteiger partial charge in [0.15, 0.2) is 11.5 Å². The molecule has 5 heteroatoms. The van der Waals surface area contributed by atoms with Crippen LogP contribution in [0.25, 0.3) is 0 Å². The number of ether oxygens (including phenoxy) is 2. The summed E-state index contributed by atoms with van der Waals surface area (Å²) in [5.74, 6) is 1.55. The van der Waals surface area contributed by atoms with Crippen LogP contribution in [0.3, 0.4) is 0 Å². The standard InChI is InChI=1S/C17H31N3O2/c1-6-20(7-2)15(13-18)14-8-9-16(21-5)17(12-14)22-11-10-19(3)4/h8-9,12,15H,6-7,10-11,13,18H2,1-5H3. The molecule has 0 bridgehead atoms. The summed E-state index contributed by atoms with van der Waals surface area (Å²) in [5, 5.41) is 0. The minimum Gasteiger partial charge on any atom is -0.493 e. The van der Waals surface area contributed by atoms with Gasteiger partial charge in [-0.3, -0.25) is 4.90 Å². The molecule has 0 saturated carbocycles. The summed E-state index contributed by atoms with van der Waals surface area (Å²) in [4.78, 5) is 4.44. The van der Waals surface area contributed by atoms with Crippen LogP contribution in [-0.2, 0) is 0 Å². The Morgan fingerprint density at radius 2 is 1.82 bits per heavy atom. The molecule has 1 atom stereocenters. The van der Waals surface area contributed by atoms with Gasteiger partial charge in [0.1, 0.15) is 6.61 Å². The smallest absolute Gasteiger partial charge is 0.161 e. The van der Waals surface area contributed by atoms with E-state index in [0.29, 0.717) is 13.2 Å². The number of nitrogens with zero attached hydrogens (tertiary/aromatic N) is 2. The Balaban J connectivity index is 2.96. The quantitative estimate of drug-likeness (QED) is 0.716. The average Bonchev–Trinajstić information content (AvgIpc) is 2.52. The van der Waals surface area contributed by atoms with Gasteiger partial charge < -0.3 is 20.1 Å². The zero-order valence-electron chi connectivity index (χ0n) is 14.6. The summed E-state index contributed by atoms with van der Waals surface area (Å²) in [7, 11) is 5.72. The number of hydrogen-bond donors (Lipinski definition) is 1. The number of benzene rings is 1. The molecule has 5 nitrogen and oxygen atoms in total. The molecule has 0 aliphatic heterocycles. The number of likely N-dealkylation sites (N-methyl/N-ethyl adjacent to an activating group) is 2. The van der Waals surface area contributed by atoms with E-state index in [2.05, 4.69) is 35.8 Å². The third-order valence-electron chi connectivity index (χ3n) is 3.84. The van der Waals surface area contributed by atoms with Gasteiger partial charge in [-0.1, -0.05) is 19.9 Å². The lowest BCUT2D eigenvalue weighted by atomic mass is 10.0. The Bertz CT molecular complexity index is 434. The van der Waals surface area contributed by atoms with E-state index >= 15 is 0 Å². The van der Waals surface area contributed by atoms with Crippen molar-refractivity contribution in [1.29, 1.82) is 0 Å². The molecule has 0 heterocycles. The van der Waals surface area contributed by atoms with Crippen LogP contribution in [0.4, 0.5) is 0 Å². The zero-order chi connectivity index (χ0) is 16.5. The summed E-state index contributed by atoms with van der Waals surface area (Å²) >= 11 is 0. The van der Waals surface area contributed by atoms with E-state index in [0.717, 1.165) is 31.1 Å². The molecule has 0 saturated heterocycles. The molecular weight excluding hydrogens is 278 g/mol. The van der Waals surface area contributed by atoms with Crippen molar-refractivity contribution in [3.05, 3.63) is 23.8 Å². The van der Waals surface area contributed by atoms with Crippen molar-refractivity contribution in [1.82, 2.24) is 9.80 Å². The molecule has 0 amide bonds. The van der Waals surface area contributed by atoms with E-state index in [1.165, 1.54) is 5.56 Å². The van der Waals surface area contributed by atoms with Gasteiger partial charge in [-0.05, 0) is 44.9 Å². The second-order valence-corrected chi connectivity index (χ2v) is 5.53. The van der Waals surface area contributed by atoms with Gasteiger partial charge in [0, 0.05) is 19.1 Å². The van der Waals surface area contributed by atoms with E-state index < -0.39 is 0 Å². The van der Waals surface area contributed by atoms with Crippen molar-refractivity contribution in [2.24, 2.45) is 5.73 Å². The van der Waals surface area contributed by atoms with Crippen molar-refractivity contribution in [3.63, 3.8) is 0 Å². The fraction of sp³-hybridized carbons (Fsp3) is 0.647. The van der Waals surface area contributed by atoms with Crippen LogP contribution in [0, 0.1) is 0 Å². The molecule has 1 rings (SSSR count). The Labute approximate surface area is 135 Å². The van der Waals surface area contributed by atoms with Gasteiger partial charge in [0.25, 0.3) is 0 Å². The highest BCUT2D eigenvalue weighted by Gasteiger charge is 2.18. The van der Waals surface area contributed by atoms with Crippen LogP contribution in [0.1, 0.15) is 25.5 Å². The minimum atomic E-state index is 0.206. The predicted molar refractivity (Wildman–Crippen MR) is 91.8 cm³/mol. The molecule has 0 spiro atoms. The third kappa shape index (κ3) is 5.16. The van der Waals surface area contributed by atoms with Gasteiger partial charge >= 0.3 is 0 Å². The molecule has 1 aromatic carbocycles. The van der Waals surface area contributed by atoms with Crippen molar-refractivity contribution in [2.45, 2.75) is 19.9 Å². The maximum atomic E-state index is 6.00. The Kier molecular flexibility index (Phi) is 8.24. The second-order valence-electron chi connectivity index (χ2n) is 5.53. The van der Waals surface area contributed by atoms with Crippen LogP contribution >= 0.6 is 0 Å². The fourth-order valence-electron chi connectivity index (χ4n) is 2.51. The zero-order valence-corrected chi connectivity index (χ0v) is 14.6. The highest BCUT2D eigenvalue weighted by atomic mass is 16.5. The van der Waals surface area contributed by atoms with Crippen molar-refractivity contribution in [3.8, 4) is 11.5 Å². The third-order valence-corrected chi connectivity index (χ3v) is 3.84. The fourth-order valence-corrected chi connectivity index (χ4v) is 2.51. The maximum absolute atomic E-state index is 6.00. The molecule has 0 aliphatic rings. The Morgan fingerprint density at radius 3 is 2.32 bits per heavy atom. The molecule has 22 heavy (non-hydrogen) atoms. The number of rotatable bonds is 10. The lowest BCUT2D eigenvalue weighted by molar-refractivity contribution is 0.221. The van der Waals surface area contributed by atoms with E-state index in [-0.39, 0.29) is 6.04 Å². The van der Waals surface area contributed by atoms with Crippen LogP contribution < -0.4 is 15.2 Å². The number of nitrogens with two attached hydrogens (primary N) is 1. The largest absolute Gasteiger partial charge is 0.493 e. The summed E-state index contributed by atoms with van der Waals surface area (Å²) in [6.45, 7) is 8.34. The first-order chi connectivity index (χ1) is 10.6. The number of methoxy groups -OCH3 is 1. The maximum Gasteiger partial charge on any atom is 0.161 e. The molecule has 0 radical (unpaired) electrons. The van der Waals surface area contributed by atoms with Crippen LogP contribution in [0.2, 0.25) is 0 Å². The molecule has 0 fully saturated rings. The topological polar surface area (TPSA) is 51.0 Å².